The van der Waals surface area contributed by atoms with Crippen LogP contribution < -0.4 is 5.32 Å². The molecular formula is C22H23Cl2FN2O. The van der Waals surface area contributed by atoms with Gasteiger partial charge in [0.2, 0.25) is 5.91 Å². The molecule has 6 heteroatoms. The normalized spacial score (nSPS) is 20.8. The third kappa shape index (κ3) is 4.05. The Morgan fingerprint density at radius 1 is 1.00 bits per heavy atom. The molecule has 2 heterocycles. The smallest absolute Gasteiger partial charge is 0.226 e. The summed E-state index contributed by atoms with van der Waals surface area (Å²) in [4.78, 5) is 15.0. The van der Waals surface area contributed by atoms with Gasteiger partial charge in [-0.15, -0.1) is 0 Å². The molecule has 2 fully saturated rings. The predicted octanol–water partition coefficient (Wildman–Crippen LogP) is 4.94. The monoisotopic (exact) mass is 420 g/mol. The molecule has 1 unspecified atom stereocenters. The second-order valence-corrected chi connectivity index (χ2v) is 8.44. The number of likely N-dealkylation sites (tertiary alicyclic amines) is 1. The number of carbonyl (C=O) groups is 1. The Morgan fingerprint density at radius 2 is 1.64 bits per heavy atom. The summed E-state index contributed by atoms with van der Waals surface area (Å²) >= 11 is 13.1. The summed E-state index contributed by atoms with van der Waals surface area (Å²) in [7, 11) is 0. The van der Waals surface area contributed by atoms with Crippen LogP contribution in [0.5, 0.6) is 0 Å². The summed E-state index contributed by atoms with van der Waals surface area (Å²) < 4.78 is 13.2. The van der Waals surface area contributed by atoms with Crippen LogP contribution in [0.4, 0.5) is 4.39 Å². The van der Waals surface area contributed by atoms with Crippen molar-refractivity contribution in [3.63, 3.8) is 0 Å². The maximum Gasteiger partial charge on any atom is 0.226 e. The van der Waals surface area contributed by atoms with E-state index in [1.807, 2.05) is 12.1 Å². The molecule has 0 radical (unpaired) electrons. The number of nitrogens with one attached hydrogen (secondary N) is 1. The van der Waals surface area contributed by atoms with Crippen LogP contribution in [-0.4, -0.2) is 36.5 Å². The molecule has 0 spiro atoms. The van der Waals surface area contributed by atoms with E-state index in [1.54, 1.807) is 12.1 Å². The second kappa shape index (κ2) is 8.40. The average molecular weight is 421 g/mol. The van der Waals surface area contributed by atoms with Crippen molar-refractivity contribution in [1.82, 2.24) is 10.2 Å². The first-order valence-electron chi connectivity index (χ1n) is 9.78. The number of nitrogens with zero attached hydrogens (tertiary/aromatic N) is 1. The topological polar surface area (TPSA) is 32.3 Å². The van der Waals surface area contributed by atoms with Gasteiger partial charge in [0.15, 0.2) is 0 Å². The quantitative estimate of drug-likeness (QED) is 0.759. The van der Waals surface area contributed by atoms with Crippen LogP contribution >= 0.6 is 23.2 Å². The van der Waals surface area contributed by atoms with E-state index < -0.39 is 0 Å². The highest BCUT2D eigenvalue weighted by Gasteiger charge is 2.36. The minimum atomic E-state index is -0.282. The molecule has 4 rings (SSSR count). The number of carbonyl (C=O) groups excluding carboxylic acids is 1. The highest BCUT2D eigenvalue weighted by molar-refractivity contribution is 6.36. The fourth-order valence-electron chi connectivity index (χ4n) is 4.29. The molecular weight excluding hydrogens is 398 g/mol. The van der Waals surface area contributed by atoms with Gasteiger partial charge in [-0.25, -0.2) is 4.39 Å². The molecule has 0 saturated carbocycles. The lowest BCUT2D eigenvalue weighted by atomic mass is 9.95. The minimum Gasteiger partial charge on any atom is -0.339 e. The molecule has 2 saturated heterocycles. The molecule has 3 nitrogen and oxygen atoms in total. The lowest BCUT2D eigenvalue weighted by Crippen LogP contribution is -2.44. The van der Waals surface area contributed by atoms with Crippen LogP contribution in [0.1, 0.15) is 24.8 Å². The van der Waals surface area contributed by atoms with E-state index in [4.69, 9.17) is 23.2 Å². The zero-order chi connectivity index (χ0) is 19.7. The number of piperidine rings is 1. The molecule has 0 aliphatic carbocycles. The van der Waals surface area contributed by atoms with E-state index >= 15 is 0 Å². The first kappa shape index (κ1) is 19.7. The fourth-order valence-corrected chi connectivity index (χ4v) is 4.93. The van der Waals surface area contributed by atoms with Gasteiger partial charge in [-0.2, -0.15) is 0 Å². The van der Waals surface area contributed by atoms with Gasteiger partial charge in [0.1, 0.15) is 5.82 Å². The molecule has 2 aliphatic rings. The van der Waals surface area contributed by atoms with Gasteiger partial charge in [0, 0.05) is 28.5 Å². The molecule has 0 aromatic heterocycles. The average Bonchev–Trinajstić information content (AvgIpc) is 3.06. The molecule has 2 aromatic carbocycles. The van der Waals surface area contributed by atoms with Crippen molar-refractivity contribution in [3.05, 3.63) is 57.8 Å². The number of hydrogen-bond donors (Lipinski definition) is 1. The van der Waals surface area contributed by atoms with E-state index in [0.29, 0.717) is 22.5 Å². The highest BCUT2D eigenvalue weighted by Crippen LogP contribution is 2.36. The molecule has 2 aliphatic heterocycles. The third-order valence-corrected chi connectivity index (χ3v) is 6.54. The number of halogens is 3. The SMILES string of the molecule is O=C1C(Cc2c(Cl)cc(-c3ccc(F)cc3)cc2Cl)CCN1C1CCNCC1. The van der Waals surface area contributed by atoms with Gasteiger partial charge < -0.3 is 10.2 Å². The van der Waals surface area contributed by atoms with Crippen molar-refractivity contribution in [3.8, 4) is 11.1 Å². The highest BCUT2D eigenvalue weighted by atomic mass is 35.5. The number of rotatable bonds is 4. The molecule has 0 bridgehead atoms. The Morgan fingerprint density at radius 3 is 2.29 bits per heavy atom. The van der Waals surface area contributed by atoms with Crippen LogP contribution in [0.2, 0.25) is 10.0 Å². The Kier molecular flexibility index (Phi) is 5.91. The largest absolute Gasteiger partial charge is 0.339 e. The van der Waals surface area contributed by atoms with Gasteiger partial charge in [-0.3, -0.25) is 4.79 Å². The van der Waals surface area contributed by atoms with Crippen molar-refractivity contribution < 1.29 is 9.18 Å². The lowest BCUT2D eigenvalue weighted by Gasteiger charge is -2.31. The van der Waals surface area contributed by atoms with Gasteiger partial charge in [-0.05, 0) is 79.7 Å². The standard InChI is InChI=1S/C22H23Cl2FN2O/c23-20-12-16(14-1-3-17(25)4-2-14)13-21(24)19(20)11-15-7-10-27(22(15)28)18-5-8-26-9-6-18/h1-4,12-13,15,18,26H,5-11H2. The van der Waals surface area contributed by atoms with E-state index in [2.05, 4.69) is 10.2 Å². The summed E-state index contributed by atoms with van der Waals surface area (Å²) in [5.41, 5.74) is 2.51. The first-order chi connectivity index (χ1) is 13.5. The van der Waals surface area contributed by atoms with Crippen molar-refractivity contribution in [2.75, 3.05) is 19.6 Å². The Balaban J connectivity index is 1.50. The Labute approximate surface area is 174 Å². The summed E-state index contributed by atoms with van der Waals surface area (Å²) in [5.74, 6) is -0.126. The Bertz CT molecular complexity index is 842. The van der Waals surface area contributed by atoms with E-state index in [0.717, 1.165) is 55.6 Å². The molecule has 28 heavy (non-hydrogen) atoms. The van der Waals surface area contributed by atoms with Crippen LogP contribution in [0.25, 0.3) is 11.1 Å². The third-order valence-electron chi connectivity index (χ3n) is 5.87. The maximum atomic E-state index is 13.2. The van der Waals surface area contributed by atoms with Crippen LogP contribution in [0.3, 0.4) is 0 Å². The molecule has 2 aromatic rings. The summed E-state index contributed by atoms with van der Waals surface area (Å²) in [6.45, 7) is 2.76. The number of benzene rings is 2. The van der Waals surface area contributed by atoms with E-state index in [-0.39, 0.29) is 17.6 Å². The van der Waals surface area contributed by atoms with Gasteiger partial charge in [-0.1, -0.05) is 35.3 Å². The van der Waals surface area contributed by atoms with E-state index in [1.165, 1.54) is 12.1 Å². The minimum absolute atomic E-state index is 0.0680. The molecule has 1 atom stereocenters. The van der Waals surface area contributed by atoms with Crippen LogP contribution in [0.15, 0.2) is 36.4 Å². The lowest BCUT2D eigenvalue weighted by molar-refractivity contribution is -0.133. The molecule has 1 N–H and O–H groups in total. The second-order valence-electron chi connectivity index (χ2n) is 7.63. The number of amides is 1. The number of hydrogen-bond acceptors (Lipinski definition) is 2. The molecule has 1 amide bonds. The maximum absolute atomic E-state index is 13.2. The van der Waals surface area contributed by atoms with Gasteiger partial charge in [0.25, 0.3) is 0 Å². The van der Waals surface area contributed by atoms with Crippen molar-refractivity contribution in [2.24, 2.45) is 5.92 Å². The van der Waals surface area contributed by atoms with Gasteiger partial charge in [0.05, 0.1) is 0 Å². The molecule has 148 valence electrons. The van der Waals surface area contributed by atoms with Gasteiger partial charge >= 0.3 is 0 Å². The van der Waals surface area contributed by atoms with Crippen LogP contribution in [0, 0.1) is 11.7 Å². The summed E-state index contributed by atoms with van der Waals surface area (Å²) in [6, 6.07) is 10.3. The van der Waals surface area contributed by atoms with Crippen LogP contribution in [-0.2, 0) is 11.2 Å². The predicted molar refractivity (Wildman–Crippen MR) is 111 cm³/mol. The summed E-state index contributed by atoms with van der Waals surface area (Å²) in [6.07, 6.45) is 3.44. The zero-order valence-electron chi connectivity index (χ0n) is 15.6. The van der Waals surface area contributed by atoms with Crippen molar-refractivity contribution >= 4 is 29.1 Å². The van der Waals surface area contributed by atoms with Crippen molar-refractivity contribution in [2.45, 2.75) is 31.7 Å². The Hall–Kier alpha value is -1.62. The van der Waals surface area contributed by atoms with E-state index in [9.17, 15) is 9.18 Å². The van der Waals surface area contributed by atoms with Crippen molar-refractivity contribution in [1.29, 1.82) is 0 Å². The zero-order valence-corrected chi connectivity index (χ0v) is 17.1. The fraction of sp³-hybridized carbons (Fsp3) is 0.409. The summed E-state index contributed by atoms with van der Waals surface area (Å²) in [5, 5.41) is 4.46. The first-order valence-corrected chi connectivity index (χ1v) is 10.5.